The second-order valence-corrected chi connectivity index (χ2v) is 5.34. The van der Waals surface area contributed by atoms with Crippen LogP contribution in [-0.4, -0.2) is 28.7 Å². The van der Waals surface area contributed by atoms with Crippen molar-refractivity contribution in [2.24, 2.45) is 5.73 Å². The van der Waals surface area contributed by atoms with Crippen LogP contribution in [0.3, 0.4) is 0 Å². The molecule has 0 spiro atoms. The average molecular weight is 214 g/mol. The molecule has 0 unspecified atom stereocenters. The van der Waals surface area contributed by atoms with E-state index in [-0.39, 0.29) is 18.0 Å². The fourth-order valence-electron chi connectivity index (χ4n) is 1.95. The van der Waals surface area contributed by atoms with E-state index >= 15 is 0 Å². The Kier molecular flexibility index (Phi) is 3.73. The van der Waals surface area contributed by atoms with E-state index in [9.17, 15) is 9.90 Å². The number of nitrogens with two attached hydrogens (primary N) is 1. The lowest BCUT2D eigenvalue weighted by molar-refractivity contribution is -0.123. The van der Waals surface area contributed by atoms with Gasteiger partial charge in [0.05, 0.1) is 5.60 Å². The summed E-state index contributed by atoms with van der Waals surface area (Å²) in [6.07, 6.45) is 4.49. The Balaban J connectivity index is 2.30. The molecule has 1 aliphatic rings. The molecule has 88 valence electrons. The molecule has 0 bridgehead atoms. The van der Waals surface area contributed by atoms with Crippen LogP contribution in [0.5, 0.6) is 0 Å². The molecule has 0 aromatic rings. The lowest BCUT2D eigenvalue weighted by Crippen LogP contribution is -2.45. The molecule has 0 aliphatic heterocycles. The Morgan fingerprint density at radius 3 is 2.47 bits per heavy atom. The van der Waals surface area contributed by atoms with Gasteiger partial charge in [-0.15, -0.1) is 0 Å². The van der Waals surface area contributed by atoms with Crippen LogP contribution in [0.15, 0.2) is 0 Å². The Bertz CT molecular complexity index is 227. The van der Waals surface area contributed by atoms with Crippen molar-refractivity contribution in [1.82, 2.24) is 5.32 Å². The minimum absolute atomic E-state index is 0.0541. The van der Waals surface area contributed by atoms with E-state index in [2.05, 4.69) is 5.32 Å². The molecule has 0 radical (unpaired) electrons. The van der Waals surface area contributed by atoms with Crippen molar-refractivity contribution in [1.29, 1.82) is 0 Å². The van der Waals surface area contributed by atoms with Crippen molar-refractivity contribution in [3.8, 4) is 0 Å². The third-order valence-electron chi connectivity index (χ3n) is 2.83. The van der Waals surface area contributed by atoms with E-state index in [1.165, 1.54) is 0 Å². The lowest BCUT2D eigenvalue weighted by Gasteiger charge is -2.24. The van der Waals surface area contributed by atoms with E-state index in [0.29, 0.717) is 6.42 Å². The summed E-state index contributed by atoms with van der Waals surface area (Å²) in [5.41, 5.74) is 4.92. The molecular weight excluding hydrogens is 192 g/mol. The van der Waals surface area contributed by atoms with Crippen molar-refractivity contribution in [3.63, 3.8) is 0 Å². The van der Waals surface area contributed by atoms with Gasteiger partial charge in [0, 0.05) is 18.5 Å². The summed E-state index contributed by atoms with van der Waals surface area (Å²) in [5, 5.41) is 12.2. The number of hydrogen-bond donors (Lipinski definition) is 3. The van der Waals surface area contributed by atoms with Crippen LogP contribution < -0.4 is 11.1 Å². The number of nitrogens with one attached hydrogen (secondary N) is 1. The van der Waals surface area contributed by atoms with E-state index in [1.807, 2.05) is 0 Å². The van der Waals surface area contributed by atoms with E-state index in [4.69, 9.17) is 5.73 Å². The van der Waals surface area contributed by atoms with Gasteiger partial charge in [-0.1, -0.05) is 12.8 Å². The monoisotopic (exact) mass is 214 g/mol. The number of carbonyl (C=O) groups is 1. The van der Waals surface area contributed by atoms with Gasteiger partial charge in [-0.25, -0.2) is 0 Å². The molecule has 4 N–H and O–H groups in total. The predicted octanol–water partition coefficient (Wildman–Crippen LogP) is 0.535. The van der Waals surface area contributed by atoms with Crippen LogP contribution in [-0.2, 0) is 4.79 Å². The Morgan fingerprint density at radius 2 is 2.00 bits per heavy atom. The molecule has 1 aliphatic carbocycles. The van der Waals surface area contributed by atoms with Gasteiger partial charge in [-0.05, 0) is 26.7 Å². The standard InChI is InChI=1S/C11H22N2O2/c1-10(2,15)8-13-9(14)7-11(12)5-3-4-6-11/h15H,3-8,12H2,1-2H3,(H,13,14). The summed E-state index contributed by atoms with van der Waals surface area (Å²) >= 11 is 0. The van der Waals surface area contributed by atoms with Gasteiger partial charge in [0.2, 0.25) is 5.91 Å². The first-order valence-corrected chi connectivity index (χ1v) is 5.59. The molecule has 15 heavy (non-hydrogen) atoms. The van der Waals surface area contributed by atoms with Crippen LogP contribution in [0.2, 0.25) is 0 Å². The molecule has 1 rings (SSSR count). The van der Waals surface area contributed by atoms with Crippen molar-refractivity contribution in [2.75, 3.05) is 6.54 Å². The minimum atomic E-state index is -0.854. The van der Waals surface area contributed by atoms with Crippen molar-refractivity contribution in [3.05, 3.63) is 0 Å². The second-order valence-electron chi connectivity index (χ2n) is 5.34. The van der Waals surface area contributed by atoms with E-state index in [1.54, 1.807) is 13.8 Å². The molecule has 4 nitrogen and oxygen atoms in total. The summed E-state index contributed by atoms with van der Waals surface area (Å²) in [5.74, 6) is -0.0541. The summed E-state index contributed by atoms with van der Waals surface area (Å²) < 4.78 is 0. The SMILES string of the molecule is CC(C)(O)CNC(=O)CC1(N)CCCC1. The van der Waals surface area contributed by atoms with Gasteiger partial charge in [-0.2, -0.15) is 0 Å². The number of hydrogen-bond acceptors (Lipinski definition) is 3. The summed E-state index contributed by atoms with van der Waals surface area (Å²) in [7, 11) is 0. The fraction of sp³-hybridized carbons (Fsp3) is 0.909. The summed E-state index contributed by atoms with van der Waals surface area (Å²) in [6, 6.07) is 0. The first kappa shape index (κ1) is 12.5. The maximum absolute atomic E-state index is 11.5. The third kappa shape index (κ3) is 4.62. The zero-order valence-corrected chi connectivity index (χ0v) is 9.68. The zero-order chi connectivity index (χ0) is 11.5. The fourth-order valence-corrected chi connectivity index (χ4v) is 1.95. The number of rotatable bonds is 4. The quantitative estimate of drug-likeness (QED) is 0.639. The third-order valence-corrected chi connectivity index (χ3v) is 2.83. The van der Waals surface area contributed by atoms with Gasteiger partial charge < -0.3 is 16.2 Å². The molecule has 4 heteroatoms. The highest BCUT2D eigenvalue weighted by atomic mass is 16.3. The molecule has 1 amide bonds. The Hall–Kier alpha value is -0.610. The van der Waals surface area contributed by atoms with E-state index in [0.717, 1.165) is 25.7 Å². The van der Waals surface area contributed by atoms with Gasteiger partial charge >= 0.3 is 0 Å². The summed E-state index contributed by atoms with van der Waals surface area (Å²) in [6.45, 7) is 3.62. The van der Waals surface area contributed by atoms with Crippen LogP contribution in [0.25, 0.3) is 0 Å². The topological polar surface area (TPSA) is 75.3 Å². The number of aliphatic hydroxyl groups is 1. The molecule has 0 atom stereocenters. The van der Waals surface area contributed by atoms with Crippen molar-refractivity contribution >= 4 is 5.91 Å². The normalized spacial score (nSPS) is 20.3. The first-order chi connectivity index (χ1) is 6.81. The van der Waals surface area contributed by atoms with Crippen LogP contribution in [0, 0.1) is 0 Å². The molecule has 1 saturated carbocycles. The van der Waals surface area contributed by atoms with Crippen LogP contribution in [0.4, 0.5) is 0 Å². The van der Waals surface area contributed by atoms with Crippen molar-refractivity contribution < 1.29 is 9.90 Å². The van der Waals surface area contributed by atoms with Gasteiger partial charge in [0.25, 0.3) is 0 Å². The highest BCUT2D eigenvalue weighted by Crippen LogP contribution is 2.29. The van der Waals surface area contributed by atoms with Crippen LogP contribution >= 0.6 is 0 Å². The smallest absolute Gasteiger partial charge is 0.221 e. The van der Waals surface area contributed by atoms with E-state index < -0.39 is 5.60 Å². The number of carbonyl (C=O) groups excluding carboxylic acids is 1. The van der Waals surface area contributed by atoms with Gasteiger partial charge in [0.1, 0.15) is 0 Å². The molecule has 0 aromatic heterocycles. The summed E-state index contributed by atoms with van der Waals surface area (Å²) in [4.78, 5) is 11.5. The minimum Gasteiger partial charge on any atom is -0.389 e. The molecular formula is C11H22N2O2. The van der Waals surface area contributed by atoms with Gasteiger partial charge in [0.15, 0.2) is 0 Å². The lowest BCUT2D eigenvalue weighted by atomic mass is 9.94. The molecule has 0 saturated heterocycles. The van der Waals surface area contributed by atoms with Gasteiger partial charge in [-0.3, -0.25) is 4.79 Å². The average Bonchev–Trinajstić information content (AvgIpc) is 2.47. The predicted molar refractivity (Wildman–Crippen MR) is 59.3 cm³/mol. The highest BCUT2D eigenvalue weighted by molar-refractivity contribution is 5.77. The highest BCUT2D eigenvalue weighted by Gasteiger charge is 2.31. The van der Waals surface area contributed by atoms with Crippen LogP contribution in [0.1, 0.15) is 46.0 Å². The van der Waals surface area contributed by atoms with Crippen molar-refractivity contribution in [2.45, 2.75) is 57.1 Å². The molecule has 1 fully saturated rings. The molecule has 0 aromatic carbocycles. The largest absolute Gasteiger partial charge is 0.389 e. The Morgan fingerprint density at radius 1 is 1.47 bits per heavy atom. The molecule has 0 heterocycles. The Labute approximate surface area is 91.2 Å². The maximum Gasteiger partial charge on any atom is 0.221 e. The zero-order valence-electron chi connectivity index (χ0n) is 9.68. The second kappa shape index (κ2) is 4.49. The number of amides is 1. The first-order valence-electron chi connectivity index (χ1n) is 5.59. The maximum atomic E-state index is 11.5.